The lowest BCUT2D eigenvalue weighted by Crippen LogP contribution is -2.56. The van der Waals surface area contributed by atoms with Crippen LogP contribution in [0.3, 0.4) is 0 Å². The van der Waals surface area contributed by atoms with E-state index in [9.17, 15) is 0 Å². The number of hydrogen-bond donors (Lipinski definition) is 1. The highest BCUT2D eigenvalue weighted by Crippen LogP contribution is 2.43. The first kappa shape index (κ1) is 11.0. The largest absolute Gasteiger partial charge is 0.357 e. The molecule has 0 aromatic carbocycles. The van der Waals surface area contributed by atoms with E-state index < -0.39 is 0 Å². The lowest BCUT2D eigenvalue weighted by Gasteiger charge is -2.46. The van der Waals surface area contributed by atoms with E-state index in [1.807, 2.05) is 0 Å². The molecule has 3 aliphatic rings. The highest BCUT2D eigenvalue weighted by molar-refractivity contribution is 4.93. The van der Waals surface area contributed by atoms with E-state index in [0.717, 1.165) is 11.8 Å². The summed E-state index contributed by atoms with van der Waals surface area (Å²) in [5.41, 5.74) is 0.0805. The first-order valence-electron chi connectivity index (χ1n) is 7.24. The minimum atomic E-state index is 0.0805. The van der Waals surface area contributed by atoms with Crippen molar-refractivity contribution >= 4 is 0 Å². The molecular formula is C14H25NO. The number of hydrogen-bond acceptors (Lipinski definition) is 2. The maximum atomic E-state index is 6.42. The van der Waals surface area contributed by atoms with Gasteiger partial charge in [-0.15, -0.1) is 0 Å². The topological polar surface area (TPSA) is 21.3 Å². The zero-order valence-electron chi connectivity index (χ0n) is 10.5. The molecule has 0 radical (unpaired) electrons. The maximum absolute atomic E-state index is 6.42. The SMILES string of the molecule is CCC1CCC2(CC1)NCCC(C1CC1)O2. The summed E-state index contributed by atoms with van der Waals surface area (Å²) in [6.07, 6.45) is 11.2. The molecule has 3 rings (SSSR count). The van der Waals surface area contributed by atoms with Crippen molar-refractivity contribution in [2.75, 3.05) is 6.54 Å². The zero-order chi connectivity index (χ0) is 11.0. The van der Waals surface area contributed by atoms with E-state index in [-0.39, 0.29) is 5.72 Å². The molecule has 1 heterocycles. The molecule has 1 spiro atoms. The van der Waals surface area contributed by atoms with Crippen molar-refractivity contribution in [3.8, 4) is 0 Å². The summed E-state index contributed by atoms with van der Waals surface area (Å²) in [5, 5.41) is 3.67. The van der Waals surface area contributed by atoms with Gasteiger partial charge in [-0.2, -0.15) is 0 Å². The number of rotatable bonds is 2. The van der Waals surface area contributed by atoms with Crippen LogP contribution in [0.1, 0.15) is 58.3 Å². The molecule has 1 unspecified atom stereocenters. The van der Waals surface area contributed by atoms with Crippen LogP contribution in [0.4, 0.5) is 0 Å². The Morgan fingerprint density at radius 2 is 1.88 bits per heavy atom. The fourth-order valence-corrected chi connectivity index (χ4v) is 3.48. The van der Waals surface area contributed by atoms with Crippen LogP contribution in [-0.4, -0.2) is 18.4 Å². The Morgan fingerprint density at radius 1 is 1.12 bits per heavy atom. The second-order valence-corrected chi connectivity index (χ2v) is 6.06. The molecule has 0 bridgehead atoms. The standard InChI is InChI=1S/C14H25NO/c1-2-11-5-8-14(9-6-11)15-10-7-13(16-14)12-3-4-12/h11-13,15H,2-10H2,1H3. The van der Waals surface area contributed by atoms with Gasteiger partial charge in [-0.1, -0.05) is 13.3 Å². The van der Waals surface area contributed by atoms with E-state index in [1.165, 1.54) is 57.9 Å². The molecule has 92 valence electrons. The normalized spacial score (nSPS) is 44.8. The molecule has 2 heteroatoms. The minimum absolute atomic E-state index is 0.0805. The predicted octanol–water partition coefficient (Wildman–Crippen LogP) is 3.07. The monoisotopic (exact) mass is 223 g/mol. The summed E-state index contributed by atoms with van der Waals surface area (Å²) in [6, 6.07) is 0. The van der Waals surface area contributed by atoms with Gasteiger partial charge in [0.1, 0.15) is 5.72 Å². The van der Waals surface area contributed by atoms with Crippen molar-refractivity contribution in [1.82, 2.24) is 5.32 Å². The first-order chi connectivity index (χ1) is 7.81. The van der Waals surface area contributed by atoms with Crippen LogP contribution in [0, 0.1) is 11.8 Å². The van der Waals surface area contributed by atoms with Gasteiger partial charge in [-0.25, -0.2) is 0 Å². The maximum Gasteiger partial charge on any atom is 0.119 e. The Morgan fingerprint density at radius 3 is 2.50 bits per heavy atom. The van der Waals surface area contributed by atoms with E-state index in [1.54, 1.807) is 0 Å². The highest BCUT2D eigenvalue weighted by atomic mass is 16.5. The van der Waals surface area contributed by atoms with Gasteiger partial charge in [-0.3, -0.25) is 5.32 Å². The van der Waals surface area contributed by atoms with Crippen LogP contribution in [0.2, 0.25) is 0 Å². The molecule has 0 aromatic rings. The fraction of sp³-hybridized carbons (Fsp3) is 1.00. The number of nitrogens with one attached hydrogen (secondary N) is 1. The van der Waals surface area contributed by atoms with Crippen LogP contribution < -0.4 is 5.32 Å². The van der Waals surface area contributed by atoms with Crippen molar-refractivity contribution in [3.05, 3.63) is 0 Å². The van der Waals surface area contributed by atoms with Gasteiger partial charge >= 0.3 is 0 Å². The highest BCUT2D eigenvalue weighted by Gasteiger charge is 2.44. The quantitative estimate of drug-likeness (QED) is 0.777. The summed E-state index contributed by atoms with van der Waals surface area (Å²) in [4.78, 5) is 0. The predicted molar refractivity (Wildman–Crippen MR) is 65.2 cm³/mol. The Kier molecular flexibility index (Phi) is 2.97. The summed E-state index contributed by atoms with van der Waals surface area (Å²) in [6.45, 7) is 3.50. The summed E-state index contributed by atoms with van der Waals surface area (Å²) in [7, 11) is 0. The second-order valence-electron chi connectivity index (χ2n) is 6.06. The Labute approximate surface area is 99.1 Å². The summed E-state index contributed by atoms with van der Waals surface area (Å²) >= 11 is 0. The first-order valence-corrected chi connectivity index (χ1v) is 7.24. The molecule has 1 N–H and O–H groups in total. The van der Waals surface area contributed by atoms with Crippen LogP contribution in [0.5, 0.6) is 0 Å². The molecule has 2 nitrogen and oxygen atoms in total. The average molecular weight is 223 g/mol. The molecule has 1 atom stereocenters. The molecule has 3 fully saturated rings. The molecule has 2 aliphatic carbocycles. The van der Waals surface area contributed by atoms with Crippen LogP contribution in [-0.2, 0) is 4.74 Å². The lowest BCUT2D eigenvalue weighted by molar-refractivity contribution is -0.170. The second kappa shape index (κ2) is 4.30. The zero-order valence-corrected chi connectivity index (χ0v) is 10.5. The average Bonchev–Trinajstić information content (AvgIpc) is 3.14. The van der Waals surface area contributed by atoms with Gasteiger partial charge in [-0.05, 0) is 56.8 Å². The third kappa shape index (κ3) is 2.14. The molecule has 2 saturated carbocycles. The molecule has 1 aliphatic heterocycles. The van der Waals surface area contributed by atoms with E-state index in [2.05, 4.69) is 12.2 Å². The third-order valence-corrected chi connectivity index (χ3v) is 4.89. The van der Waals surface area contributed by atoms with Crippen molar-refractivity contribution in [2.45, 2.75) is 70.1 Å². The molecule has 1 saturated heterocycles. The Bertz CT molecular complexity index is 241. The van der Waals surface area contributed by atoms with Gasteiger partial charge < -0.3 is 4.74 Å². The van der Waals surface area contributed by atoms with Crippen LogP contribution >= 0.6 is 0 Å². The smallest absolute Gasteiger partial charge is 0.119 e. The Balaban J connectivity index is 1.60. The van der Waals surface area contributed by atoms with Gasteiger partial charge in [0.05, 0.1) is 6.10 Å². The number of ether oxygens (including phenoxy) is 1. The van der Waals surface area contributed by atoms with Crippen LogP contribution in [0.25, 0.3) is 0 Å². The summed E-state index contributed by atoms with van der Waals surface area (Å²) < 4.78 is 6.42. The van der Waals surface area contributed by atoms with Gasteiger partial charge in [0.25, 0.3) is 0 Å². The summed E-state index contributed by atoms with van der Waals surface area (Å²) in [5.74, 6) is 1.86. The minimum Gasteiger partial charge on any atom is -0.357 e. The van der Waals surface area contributed by atoms with E-state index >= 15 is 0 Å². The molecular weight excluding hydrogens is 198 g/mol. The van der Waals surface area contributed by atoms with Crippen molar-refractivity contribution in [2.24, 2.45) is 11.8 Å². The van der Waals surface area contributed by atoms with E-state index in [0.29, 0.717) is 6.10 Å². The Hall–Kier alpha value is -0.0800. The molecule has 0 aromatic heterocycles. The molecule has 16 heavy (non-hydrogen) atoms. The van der Waals surface area contributed by atoms with Crippen molar-refractivity contribution in [3.63, 3.8) is 0 Å². The fourth-order valence-electron chi connectivity index (χ4n) is 3.48. The van der Waals surface area contributed by atoms with Gasteiger partial charge in [0.15, 0.2) is 0 Å². The third-order valence-electron chi connectivity index (χ3n) is 4.89. The molecule has 0 amide bonds. The van der Waals surface area contributed by atoms with Gasteiger partial charge in [0, 0.05) is 6.54 Å². The van der Waals surface area contributed by atoms with E-state index in [4.69, 9.17) is 4.74 Å². The van der Waals surface area contributed by atoms with Gasteiger partial charge in [0.2, 0.25) is 0 Å². The van der Waals surface area contributed by atoms with Crippen molar-refractivity contribution < 1.29 is 4.74 Å². The van der Waals surface area contributed by atoms with Crippen molar-refractivity contribution in [1.29, 1.82) is 0 Å². The van der Waals surface area contributed by atoms with Crippen LogP contribution in [0.15, 0.2) is 0 Å². The lowest BCUT2D eigenvalue weighted by atomic mass is 9.81.